The van der Waals surface area contributed by atoms with Gasteiger partial charge in [0.25, 0.3) is 0 Å². The van der Waals surface area contributed by atoms with E-state index in [1.165, 1.54) is 53.1 Å². The van der Waals surface area contributed by atoms with E-state index in [1.54, 1.807) is 0 Å². The topological polar surface area (TPSA) is 59.9 Å². The minimum atomic E-state index is 0.654. The van der Waals surface area contributed by atoms with Gasteiger partial charge in [0, 0.05) is 54.5 Å². The van der Waals surface area contributed by atoms with Crippen LogP contribution in [0.4, 0.5) is 0 Å². The van der Waals surface area contributed by atoms with E-state index in [0.29, 0.717) is 5.56 Å². The molecule has 0 aliphatic heterocycles. The van der Waals surface area contributed by atoms with Crippen LogP contribution in [0, 0.1) is 17.2 Å². The molecule has 0 bridgehead atoms. The van der Waals surface area contributed by atoms with Gasteiger partial charge in [-0.3, -0.25) is 0 Å². The fourth-order valence-electron chi connectivity index (χ4n) is 10.2. The standard InChI is InChI=1S/C57H43N3O2/c1-3-5-10-35(4-2)27-36-15-21-52-44(28-36)42-11-6-8-13-50(42)59(52)40-19-25-56-48(32-40)46-30-38(17-23-54(46)61-56)39-18-24-55-47(31-39)49-33-41(20-26-57(49)62-55)60-51-14-9-7-12-43(51)45-29-37(34-58)16-22-53(45)60/h6-9,11-26,28-33,35H,3-5,10,27H2,1-2H3. The highest BCUT2D eigenvalue weighted by atomic mass is 16.3. The van der Waals surface area contributed by atoms with E-state index in [-0.39, 0.29) is 0 Å². The second-order valence-electron chi connectivity index (χ2n) is 17.0. The number of fused-ring (bicyclic) bond motifs is 12. The third kappa shape index (κ3) is 5.67. The molecular formula is C57H43N3O2. The molecule has 0 amide bonds. The van der Waals surface area contributed by atoms with Crippen molar-refractivity contribution in [1.29, 1.82) is 5.26 Å². The Morgan fingerprint density at radius 2 is 0.984 bits per heavy atom. The van der Waals surface area contributed by atoms with E-state index < -0.39 is 0 Å². The average Bonchev–Trinajstić information content (AvgIpc) is 4.06. The summed E-state index contributed by atoms with van der Waals surface area (Å²) in [6.45, 7) is 4.62. The molecule has 0 fully saturated rings. The highest BCUT2D eigenvalue weighted by Gasteiger charge is 2.19. The maximum atomic E-state index is 9.67. The Bertz CT molecular complexity index is 3790. The highest BCUT2D eigenvalue weighted by Crippen LogP contribution is 2.40. The zero-order valence-electron chi connectivity index (χ0n) is 34.8. The maximum Gasteiger partial charge on any atom is 0.135 e. The van der Waals surface area contributed by atoms with E-state index in [4.69, 9.17) is 8.83 Å². The van der Waals surface area contributed by atoms with Crippen molar-refractivity contribution >= 4 is 87.5 Å². The lowest BCUT2D eigenvalue weighted by Crippen LogP contribution is -2.03. The average molecular weight is 802 g/mol. The van der Waals surface area contributed by atoms with Crippen LogP contribution >= 0.6 is 0 Å². The molecule has 12 rings (SSSR count). The highest BCUT2D eigenvalue weighted by molar-refractivity contribution is 6.13. The number of para-hydroxylation sites is 2. The van der Waals surface area contributed by atoms with Gasteiger partial charge in [0.15, 0.2) is 0 Å². The van der Waals surface area contributed by atoms with Crippen molar-refractivity contribution in [1.82, 2.24) is 9.13 Å². The predicted molar refractivity (Wildman–Crippen MR) is 257 cm³/mol. The monoisotopic (exact) mass is 801 g/mol. The number of aromatic nitrogens is 2. The summed E-state index contributed by atoms with van der Waals surface area (Å²) in [6.07, 6.45) is 6.18. The first-order valence-electron chi connectivity index (χ1n) is 22.0. The fourth-order valence-corrected chi connectivity index (χ4v) is 10.2. The number of hydrogen-bond acceptors (Lipinski definition) is 3. The van der Waals surface area contributed by atoms with Gasteiger partial charge < -0.3 is 18.0 Å². The first-order chi connectivity index (χ1) is 30.6. The van der Waals surface area contributed by atoms with Crippen LogP contribution in [-0.2, 0) is 6.42 Å². The molecule has 62 heavy (non-hydrogen) atoms. The molecule has 0 aliphatic rings. The van der Waals surface area contributed by atoms with Crippen molar-refractivity contribution in [3.8, 4) is 28.6 Å². The van der Waals surface area contributed by atoms with Crippen molar-refractivity contribution in [3.63, 3.8) is 0 Å². The van der Waals surface area contributed by atoms with Crippen molar-refractivity contribution in [2.75, 3.05) is 0 Å². The molecule has 0 radical (unpaired) electrons. The van der Waals surface area contributed by atoms with Crippen LogP contribution < -0.4 is 0 Å². The van der Waals surface area contributed by atoms with Gasteiger partial charge in [0.05, 0.1) is 33.7 Å². The molecular weight excluding hydrogens is 759 g/mol. The first-order valence-corrected chi connectivity index (χ1v) is 22.0. The number of rotatable bonds is 9. The molecule has 0 saturated heterocycles. The van der Waals surface area contributed by atoms with Crippen LogP contribution in [0.3, 0.4) is 0 Å². The fraction of sp³-hybridized carbons (Fsp3) is 0.140. The number of nitrogens with zero attached hydrogens (tertiary/aromatic N) is 3. The molecule has 0 aliphatic carbocycles. The SMILES string of the molecule is CCCCC(CC)Cc1ccc2c(c1)c1ccccc1n2-c1ccc2oc3ccc(-c4ccc5oc6ccc(-n7c8ccccc8c8cc(C#N)ccc87)cc6c5c4)cc3c2c1. The van der Waals surface area contributed by atoms with Crippen LogP contribution in [0.15, 0.2) is 167 Å². The van der Waals surface area contributed by atoms with Gasteiger partial charge in [0.1, 0.15) is 22.3 Å². The zero-order valence-corrected chi connectivity index (χ0v) is 34.8. The summed E-state index contributed by atoms with van der Waals surface area (Å²) in [5.41, 5.74) is 14.5. The maximum absolute atomic E-state index is 9.67. The van der Waals surface area contributed by atoms with Gasteiger partial charge in [-0.1, -0.05) is 94.1 Å². The normalized spacial score (nSPS) is 12.6. The van der Waals surface area contributed by atoms with E-state index in [1.807, 2.05) is 12.1 Å². The van der Waals surface area contributed by atoms with Gasteiger partial charge in [-0.2, -0.15) is 5.26 Å². The molecule has 8 aromatic carbocycles. The lowest BCUT2D eigenvalue weighted by Gasteiger charge is -2.15. The molecule has 1 atom stereocenters. The Morgan fingerprint density at radius 3 is 1.53 bits per heavy atom. The smallest absolute Gasteiger partial charge is 0.135 e. The van der Waals surface area contributed by atoms with Gasteiger partial charge in [-0.15, -0.1) is 0 Å². The number of nitriles is 1. The van der Waals surface area contributed by atoms with Gasteiger partial charge in [-0.05, 0) is 132 Å². The largest absolute Gasteiger partial charge is 0.456 e. The molecule has 0 N–H and O–H groups in total. The van der Waals surface area contributed by atoms with Crippen LogP contribution in [0.25, 0.3) is 110 Å². The molecule has 4 heterocycles. The second kappa shape index (κ2) is 14.3. The van der Waals surface area contributed by atoms with Crippen LogP contribution in [0.1, 0.15) is 50.7 Å². The Kier molecular flexibility index (Phi) is 8.37. The number of hydrogen-bond donors (Lipinski definition) is 0. The molecule has 4 aromatic heterocycles. The molecule has 298 valence electrons. The van der Waals surface area contributed by atoms with Crippen molar-refractivity contribution in [3.05, 3.63) is 169 Å². The molecule has 5 heteroatoms. The molecule has 5 nitrogen and oxygen atoms in total. The molecule has 1 unspecified atom stereocenters. The third-order valence-electron chi connectivity index (χ3n) is 13.4. The van der Waals surface area contributed by atoms with Gasteiger partial charge >= 0.3 is 0 Å². The summed E-state index contributed by atoms with van der Waals surface area (Å²) in [5, 5.41) is 18.7. The Labute approximate surface area is 358 Å². The van der Waals surface area contributed by atoms with E-state index in [2.05, 4.69) is 175 Å². The summed E-state index contributed by atoms with van der Waals surface area (Å²) in [4.78, 5) is 0. The van der Waals surface area contributed by atoms with E-state index >= 15 is 0 Å². The Balaban J connectivity index is 0.953. The van der Waals surface area contributed by atoms with Crippen LogP contribution in [0.2, 0.25) is 0 Å². The minimum absolute atomic E-state index is 0.654. The molecule has 0 saturated carbocycles. The van der Waals surface area contributed by atoms with Crippen molar-refractivity contribution in [2.45, 2.75) is 46.0 Å². The zero-order chi connectivity index (χ0) is 41.5. The first kappa shape index (κ1) is 36.3. The number of unbranched alkanes of at least 4 members (excludes halogenated alkanes) is 1. The lowest BCUT2D eigenvalue weighted by atomic mass is 9.91. The quantitative estimate of drug-likeness (QED) is 0.146. The van der Waals surface area contributed by atoms with E-state index in [9.17, 15) is 5.26 Å². The van der Waals surface area contributed by atoms with Crippen molar-refractivity contribution < 1.29 is 8.83 Å². The molecule has 0 spiro atoms. The van der Waals surface area contributed by atoms with Gasteiger partial charge in [0.2, 0.25) is 0 Å². The number of furan rings is 2. The third-order valence-corrected chi connectivity index (χ3v) is 13.4. The van der Waals surface area contributed by atoms with Crippen LogP contribution in [0.5, 0.6) is 0 Å². The van der Waals surface area contributed by atoms with Gasteiger partial charge in [-0.25, -0.2) is 0 Å². The molecule has 12 aromatic rings. The lowest BCUT2D eigenvalue weighted by molar-refractivity contribution is 0.449. The van der Waals surface area contributed by atoms with E-state index in [0.717, 1.165) is 101 Å². The number of benzene rings is 8. The summed E-state index contributed by atoms with van der Waals surface area (Å²) < 4.78 is 17.6. The van der Waals surface area contributed by atoms with Crippen LogP contribution in [-0.4, -0.2) is 9.13 Å². The summed E-state index contributed by atoms with van der Waals surface area (Å²) in [5.74, 6) is 0.717. The summed E-state index contributed by atoms with van der Waals surface area (Å²) in [6, 6.07) is 58.7. The Morgan fingerprint density at radius 1 is 0.484 bits per heavy atom. The second-order valence-corrected chi connectivity index (χ2v) is 17.0. The van der Waals surface area contributed by atoms with Crippen molar-refractivity contribution in [2.24, 2.45) is 5.92 Å². The minimum Gasteiger partial charge on any atom is -0.456 e. The summed E-state index contributed by atoms with van der Waals surface area (Å²) >= 11 is 0. The summed E-state index contributed by atoms with van der Waals surface area (Å²) in [7, 11) is 0. The predicted octanol–water partition coefficient (Wildman–Crippen LogP) is 16.0. The Hall–Kier alpha value is -7.55.